The molecule has 0 aliphatic carbocycles. The van der Waals surface area contributed by atoms with Crippen molar-refractivity contribution in [2.45, 2.75) is 0 Å². The van der Waals surface area contributed by atoms with E-state index < -0.39 is 0 Å². The molecule has 3 rings (SSSR count). The van der Waals surface area contributed by atoms with Gasteiger partial charge in [0, 0.05) is 5.56 Å². The Kier molecular flexibility index (Phi) is 2.18. The van der Waals surface area contributed by atoms with Crippen molar-refractivity contribution in [1.82, 2.24) is 4.98 Å². The molecule has 0 atom stereocenters. The molecule has 0 saturated carbocycles. The molecule has 0 spiro atoms. The molecule has 1 aromatic heterocycles. The third kappa shape index (κ3) is 1.59. The molecule has 2 aromatic rings. The molecule has 0 radical (unpaired) electrons. The molecule has 0 bridgehead atoms. The number of aromatic amines is 1. The van der Waals surface area contributed by atoms with Gasteiger partial charge >= 0.3 is 0 Å². The van der Waals surface area contributed by atoms with E-state index in [-0.39, 0.29) is 0 Å². The standard InChI is InChI=1S/C11H9NO3S/c16-11-12-8(6-15-11)7-1-2-9-10(5-7)14-4-3-13-9/h1-2,5-6H,3-4H2,(H,12,16). The highest BCUT2D eigenvalue weighted by molar-refractivity contribution is 7.71. The van der Waals surface area contributed by atoms with Crippen molar-refractivity contribution in [3.8, 4) is 22.8 Å². The van der Waals surface area contributed by atoms with Crippen LogP contribution in [0.1, 0.15) is 0 Å². The SMILES string of the molecule is S=c1[nH]c(-c2ccc3c(c2)OCCO3)co1. The van der Waals surface area contributed by atoms with Gasteiger partial charge in [-0.15, -0.1) is 0 Å². The molecule has 4 nitrogen and oxygen atoms in total. The summed E-state index contributed by atoms with van der Waals surface area (Å²) in [6.07, 6.45) is 1.59. The average Bonchev–Trinajstić information content (AvgIpc) is 2.75. The lowest BCUT2D eigenvalue weighted by Gasteiger charge is -2.18. The van der Waals surface area contributed by atoms with Crippen LogP contribution in [0.15, 0.2) is 28.9 Å². The minimum absolute atomic E-state index is 0.366. The fraction of sp³-hybridized carbons (Fsp3) is 0.182. The van der Waals surface area contributed by atoms with Gasteiger partial charge in [-0.25, -0.2) is 0 Å². The molecule has 0 amide bonds. The van der Waals surface area contributed by atoms with E-state index in [2.05, 4.69) is 4.98 Å². The lowest BCUT2D eigenvalue weighted by Crippen LogP contribution is -2.15. The van der Waals surface area contributed by atoms with Gasteiger partial charge < -0.3 is 18.9 Å². The van der Waals surface area contributed by atoms with Crippen LogP contribution in [0, 0.1) is 4.84 Å². The first-order valence-corrected chi connectivity index (χ1v) is 5.31. The van der Waals surface area contributed by atoms with Crippen molar-refractivity contribution in [1.29, 1.82) is 0 Å². The van der Waals surface area contributed by atoms with E-state index in [1.807, 2.05) is 18.2 Å². The monoisotopic (exact) mass is 235 g/mol. The summed E-state index contributed by atoms with van der Waals surface area (Å²) in [5.74, 6) is 1.53. The van der Waals surface area contributed by atoms with Crippen LogP contribution >= 0.6 is 12.2 Å². The van der Waals surface area contributed by atoms with Crippen molar-refractivity contribution in [2.24, 2.45) is 0 Å². The van der Waals surface area contributed by atoms with Crippen LogP contribution in [0.3, 0.4) is 0 Å². The number of nitrogens with one attached hydrogen (secondary N) is 1. The number of fused-ring (bicyclic) bond motifs is 1. The molecule has 5 heteroatoms. The number of hydrogen-bond acceptors (Lipinski definition) is 4. The molecule has 82 valence electrons. The molecular formula is C11H9NO3S. The number of ether oxygens (including phenoxy) is 2. The zero-order valence-corrected chi connectivity index (χ0v) is 9.17. The summed E-state index contributed by atoms with van der Waals surface area (Å²) in [7, 11) is 0. The van der Waals surface area contributed by atoms with Gasteiger partial charge in [-0.05, 0) is 30.4 Å². The van der Waals surface area contributed by atoms with Gasteiger partial charge in [0.25, 0.3) is 4.84 Å². The van der Waals surface area contributed by atoms with Gasteiger partial charge in [-0.3, -0.25) is 0 Å². The largest absolute Gasteiger partial charge is 0.486 e. The number of oxazole rings is 1. The van der Waals surface area contributed by atoms with Gasteiger partial charge in [0.05, 0.1) is 5.69 Å². The minimum atomic E-state index is 0.366. The molecule has 0 saturated heterocycles. The molecule has 1 N–H and O–H groups in total. The van der Waals surface area contributed by atoms with E-state index in [0.717, 1.165) is 22.8 Å². The smallest absolute Gasteiger partial charge is 0.266 e. The third-order valence-electron chi connectivity index (χ3n) is 2.37. The minimum Gasteiger partial charge on any atom is -0.486 e. The van der Waals surface area contributed by atoms with E-state index in [4.69, 9.17) is 26.1 Å². The van der Waals surface area contributed by atoms with E-state index >= 15 is 0 Å². The Hall–Kier alpha value is -1.75. The van der Waals surface area contributed by atoms with Crippen molar-refractivity contribution in [3.05, 3.63) is 29.3 Å². The first kappa shape index (κ1) is 9.47. The number of benzene rings is 1. The van der Waals surface area contributed by atoms with Crippen LogP contribution in [0.2, 0.25) is 0 Å². The van der Waals surface area contributed by atoms with E-state index in [1.54, 1.807) is 6.26 Å². The van der Waals surface area contributed by atoms with Gasteiger partial charge in [-0.2, -0.15) is 0 Å². The Labute approximate surface area is 96.8 Å². The predicted octanol–water partition coefficient (Wildman–Crippen LogP) is 2.78. The zero-order chi connectivity index (χ0) is 11.0. The normalized spacial score (nSPS) is 13.8. The summed E-state index contributed by atoms with van der Waals surface area (Å²) in [6, 6.07) is 5.72. The average molecular weight is 235 g/mol. The number of H-pyrrole nitrogens is 1. The maximum absolute atomic E-state index is 5.50. The van der Waals surface area contributed by atoms with Crippen molar-refractivity contribution < 1.29 is 13.9 Å². The fourth-order valence-electron chi connectivity index (χ4n) is 1.63. The van der Waals surface area contributed by atoms with E-state index in [1.165, 1.54) is 0 Å². The Morgan fingerprint density at radius 3 is 2.69 bits per heavy atom. The van der Waals surface area contributed by atoms with Crippen LogP contribution in [-0.4, -0.2) is 18.2 Å². The zero-order valence-electron chi connectivity index (χ0n) is 8.36. The number of hydrogen-bond donors (Lipinski definition) is 1. The third-order valence-corrected chi connectivity index (χ3v) is 2.57. The summed E-state index contributed by atoms with van der Waals surface area (Å²) in [5.41, 5.74) is 1.80. The quantitative estimate of drug-likeness (QED) is 0.772. The lowest BCUT2D eigenvalue weighted by molar-refractivity contribution is 0.171. The molecular weight excluding hydrogens is 226 g/mol. The molecule has 0 fully saturated rings. The van der Waals surface area contributed by atoms with Crippen LogP contribution in [0.25, 0.3) is 11.3 Å². The second kappa shape index (κ2) is 3.68. The topological polar surface area (TPSA) is 47.4 Å². The van der Waals surface area contributed by atoms with Gasteiger partial charge in [-0.1, -0.05) is 0 Å². The second-order valence-corrected chi connectivity index (χ2v) is 3.79. The van der Waals surface area contributed by atoms with Crippen LogP contribution < -0.4 is 9.47 Å². The Bertz CT molecular complexity index is 573. The fourth-order valence-corrected chi connectivity index (χ4v) is 1.79. The summed E-state index contributed by atoms with van der Waals surface area (Å²) in [4.78, 5) is 3.32. The van der Waals surface area contributed by atoms with Crippen molar-refractivity contribution in [2.75, 3.05) is 13.2 Å². The number of rotatable bonds is 1. The van der Waals surface area contributed by atoms with Gasteiger partial charge in [0.2, 0.25) is 0 Å². The maximum Gasteiger partial charge on any atom is 0.266 e. The summed E-state index contributed by atoms with van der Waals surface area (Å²) >= 11 is 4.88. The van der Waals surface area contributed by atoms with E-state index in [9.17, 15) is 0 Å². The number of aromatic nitrogens is 1. The van der Waals surface area contributed by atoms with Gasteiger partial charge in [0.15, 0.2) is 11.5 Å². The molecule has 2 heterocycles. The van der Waals surface area contributed by atoms with Crippen LogP contribution in [-0.2, 0) is 0 Å². The summed E-state index contributed by atoms with van der Waals surface area (Å²) in [5, 5.41) is 0. The first-order chi connectivity index (χ1) is 7.83. The van der Waals surface area contributed by atoms with Crippen LogP contribution in [0.4, 0.5) is 0 Å². The molecule has 1 aromatic carbocycles. The molecule has 16 heavy (non-hydrogen) atoms. The highest BCUT2D eigenvalue weighted by Gasteiger charge is 2.12. The first-order valence-electron chi connectivity index (χ1n) is 4.91. The Morgan fingerprint density at radius 2 is 1.94 bits per heavy atom. The van der Waals surface area contributed by atoms with Crippen LogP contribution in [0.5, 0.6) is 11.5 Å². The van der Waals surface area contributed by atoms with Crippen molar-refractivity contribution in [3.63, 3.8) is 0 Å². The maximum atomic E-state index is 5.50. The molecule has 0 unspecified atom stereocenters. The Balaban J connectivity index is 2.06. The summed E-state index contributed by atoms with van der Waals surface area (Å²) in [6.45, 7) is 1.18. The van der Waals surface area contributed by atoms with Gasteiger partial charge in [0.1, 0.15) is 19.5 Å². The highest BCUT2D eigenvalue weighted by atomic mass is 32.1. The lowest BCUT2D eigenvalue weighted by atomic mass is 10.1. The highest BCUT2D eigenvalue weighted by Crippen LogP contribution is 2.33. The molecule has 1 aliphatic heterocycles. The molecule has 1 aliphatic rings. The predicted molar refractivity (Wildman–Crippen MR) is 60.3 cm³/mol. The van der Waals surface area contributed by atoms with Crippen molar-refractivity contribution >= 4 is 12.2 Å². The Morgan fingerprint density at radius 1 is 1.12 bits per heavy atom. The van der Waals surface area contributed by atoms with E-state index in [0.29, 0.717) is 18.1 Å². The second-order valence-electron chi connectivity index (χ2n) is 3.42. The summed E-state index contributed by atoms with van der Waals surface area (Å²) < 4.78 is 16.0.